The zero-order chi connectivity index (χ0) is 10.7. The van der Waals surface area contributed by atoms with Crippen molar-refractivity contribution in [2.75, 3.05) is 0 Å². The lowest BCUT2D eigenvalue weighted by atomic mass is 10.2. The summed E-state index contributed by atoms with van der Waals surface area (Å²) in [6, 6.07) is 9.82. The number of hydrogen-bond donors (Lipinski definition) is 1. The van der Waals surface area contributed by atoms with Crippen LogP contribution in [0.2, 0.25) is 0 Å². The molecule has 0 fully saturated rings. The van der Waals surface area contributed by atoms with Crippen LogP contribution in [0.15, 0.2) is 30.3 Å². The molecular weight excluding hydrogens is 190 g/mol. The minimum atomic E-state index is -0.172. The molecule has 0 saturated heterocycles. The molecule has 2 aromatic rings. The van der Waals surface area contributed by atoms with Gasteiger partial charge in [-0.05, 0) is 17.7 Å². The Hall–Kier alpha value is -1.75. The van der Waals surface area contributed by atoms with Crippen LogP contribution in [0.4, 0.5) is 0 Å². The van der Waals surface area contributed by atoms with Crippen LogP contribution in [0, 0.1) is 0 Å². The first-order valence-electron chi connectivity index (χ1n) is 4.83. The molecule has 0 amide bonds. The Morgan fingerprint density at radius 1 is 1.33 bits per heavy atom. The van der Waals surface area contributed by atoms with E-state index in [9.17, 15) is 0 Å². The SMILES string of the molecule is CC(N)c1nnn(Cc2ccccc2)n1. The molecular formula is C10H13N5. The van der Waals surface area contributed by atoms with Crippen molar-refractivity contribution in [3.8, 4) is 0 Å². The van der Waals surface area contributed by atoms with Crippen LogP contribution in [0.25, 0.3) is 0 Å². The summed E-state index contributed by atoms with van der Waals surface area (Å²) in [4.78, 5) is 1.55. The predicted octanol–water partition coefficient (Wildman–Crippen LogP) is 0.741. The molecule has 0 spiro atoms. The molecule has 1 aromatic carbocycles. The van der Waals surface area contributed by atoms with Gasteiger partial charge in [-0.25, -0.2) is 0 Å². The van der Waals surface area contributed by atoms with Crippen molar-refractivity contribution in [1.29, 1.82) is 0 Å². The van der Waals surface area contributed by atoms with E-state index < -0.39 is 0 Å². The van der Waals surface area contributed by atoms with Gasteiger partial charge in [-0.15, -0.1) is 10.2 Å². The fraction of sp³-hybridized carbons (Fsp3) is 0.300. The van der Waals surface area contributed by atoms with Gasteiger partial charge in [-0.2, -0.15) is 4.80 Å². The Morgan fingerprint density at radius 2 is 2.07 bits per heavy atom. The molecule has 0 bridgehead atoms. The third kappa shape index (κ3) is 2.38. The Labute approximate surface area is 87.9 Å². The highest BCUT2D eigenvalue weighted by molar-refractivity contribution is 5.14. The van der Waals surface area contributed by atoms with Gasteiger partial charge in [0.05, 0.1) is 12.6 Å². The zero-order valence-corrected chi connectivity index (χ0v) is 8.54. The summed E-state index contributed by atoms with van der Waals surface area (Å²) < 4.78 is 0. The van der Waals surface area contributed by atoms with E-state index in [0.29, 0.717) is 12.4 Å². The fourth-order valence-corrected chi connectivity index (χ4v) is 1.25. The zero-order valence-electron chi connectivity index (χ0n) is 8.54. The molecule has 0 radical (unpaired) electrons. The van der Waals surface area contributed by atoms with Crippen LogP contribution in [0.3, 0.4) is 0 Å². The second-order valence-electron chi connectivity index (χ2n) is 3.45. The van der Waals surface area contributed by atoms with Crippen molar-refractivity contribution in [3.63, 3.8) is 0 Å². The number of hydrogen-bond acceptors (Lipinski definition) is 4. The summed E-state index contributed by atoms with van der Waals surface area (Å²) in [5, 5.41) is 12.0. The first kappa shape index (κ1) is 9.79. The first-order chi connectivity index (χ1) is 7.25. The van der Waals surface area contributed by atoms with Gasteiger partial charge in [0.15, 0.2) is 5.82 Å². The molecule has 5 nitrogen and oxygen atoms in total. The Balaban J connectivity index is 2.12. The highest BCUT2D eigenvalue weighted by Gasteiger charge is 2.06. The third-order valence-corrected chi connectivity index (χ3v) is 2.04. The smallest absolute Gasteiger partial charge is 0.191 e. The fourth-order valence-electron chi connectivity index (χ4n) is 1.25. The molecule has 2 N–H and O–H groups in total. The molecule has 1 atom stereocenters. The van der Waals surface area contributed by atoms with Gasteiger partial charge < -0.3 is 5.73 Å². The number of rotatable bonds is 3. The highest BCUT2D eigenvalue weighted by atomic mass is 15.6. The molecule has 1 heterocycles. The van der Waals surface area contributed by atoms with E-state index in [1.807, 2.05) is 37.3 Å². The van der Waals surface area contributed by atoms with E-state index in [0.717, 1.165) is 5.56 Å². The number of nitrogens with two attached hydrogens (primary N) is 1. The standard InChI is InChI=1S/C10H13N5/c1-8(11)10-12-14-15(13-10)7-9-5-3-2-4-6-9/h2-6,8H,7,11H2,1H3. The van der Waals surface area contributed by atoms with E-state index in [-0.39, 0.29) is 6.04 Å². The molecule has 78 valence electrons. The van der Waals surface area contributed by atoms with Gasteiger partial charge in [0, 0.05) is 0 Å². The molecule has 0 aliphatic carbocycles. The topological polar surface area (TPSA) is 69.6 Å². The van der Waals surface area contributed by atoms with E-state index in [1.54, 1.807) is 4.80 Å². The monoisotopic (exact) mass is 203 g/mol. The van der Waals surface area contributed by atoms with Crippen LogP contribution < -0.4 is 5.73 Å². The van der Waals surface area contributed by atoms with Crippen molar-refractivity contribution < 1.29 is 0 Å². The Bertz CT molecular complexity index is 420. The number of aromatic nitrogens is 4. The summed E-state index contributed by atoms with van der Waals surface area (Å²) in [5.41, 5.74) is 6.79. The minimum absolute atomic E-state index is 0.172. The molecule has 15 heavy (non-hydrogen) atoms. The lowest BCUT2D eigenvalue weighted by molar-refractivity contribution is 0.568. The molecule has 2 rings (SSSR count). The van der Waals surface area contributed by atoms with Crippen molar-refractivity contribution in [2.45, 2.75) is 19.5 Å². The van der Waals surface area contributed by atoms with Crippen LogP contribution >= 0.6 is 0 Å². The van der Waals surface area contributed by atoms with Gasteiger partial charge in [0.25, 0.3) is 0 Å². The maximum Gasteiger partial charge on any atom is 0.191 e. The average molecular weight is 203 g/mol. The van der Waals surface area contributed by atoms with Crippen LogP contribution in [-0.4, -0.2) is 20.2 Å². The summed E-state index contributed by atoms with van der Waals surface area (Å²) in [5.74, 6) is 0.575. The maximum atomic E-state index is 5.64. The average Bonchev–Trinajstić information content (AvgIpc) is 2.68. The molecule has 1 aromatic heterocycles. The largest absolute Gasteiger partial charge is 0.321 e. The second kappa shape index (κ2) is 4.18. The molecule has 1 unspecified atom stereocenters. The van der Waals surface area contributed by atoms with Gasteiger partial charge in [-0.1, -0.05) is 30.3 Å². The van der Waals surface area contributed by atoms with Crippen molar-refractivity contribution >= 4 is 0 Å². The van der Waals surface area contributed by atoms with Gasteiger partial charge in [0.1, 0.15) is 0 Å². The molecule has 0 aliphatic rings. The van der Waals surface area contributed by atoms with Crippen molar-refractivity contribution in [2.24, 2.45) is 5.73 Å². The van der Waals surface area contributed by atoms with E-state index >= 15 is 0 Å². The minimum Gasteiger partial charge on any atom is -0.321 e. The van der Waals surface area contributed by atoms with E-state index in [2.05, 4.69) is 15.4 Å². The van der Waals surface area contributed by atoms with Crippen LogP contribution in [0.5, 0.6) is 0 Å². The van der Waals surface area contributed by atoms with Crippen LogP contribution in [0.1, 0.15) is 24.4 Å². The number of nitrogens with zero attached hydrogens (tertiary/aromatic N) is 4. The maximum absolute atomic E-state index is 5.64. The lowest BCUT2D eigenvalue weighted by Gasteiger charge is -1.98. The van der Waals surface area contributed by atoms with Gasteiger partial charge in [0.2, 0.25) is 0 Å². The van der Waals surface area contributed by atoms with E-state index in [1.165, 1.54) is 0 Å². The van der Waals surface area contributed by atoms with Gasteiger partial charge in [-0.3, -0.25) is 0 Å². The molecule has 0 aliphatic heterocycles. The first-order valence-corrected chi connectivity index (χ1v) is 4.83. The third-order valence-electron chi connectivity index (χ3n) is 2.04. The van der Waals surface area contributed by atoms with E-state index in [4.69, 9.17) is 5.73 Å². The highest BCUT2D eigenvalue weighted by Crippen LogP contribution is 2.02. The molecule has 5 heteroatoms. The quantitative estimate of drug-likeness (QED) is 0.798. The van der Waals surface area contributed by atoms with Crippen molar-refractivity contribution in [3.05, 3.63) is 41.7 Å². The summed E-state index contributed by atoms with van der Waals surface area (Å²) in [6.07, 6.45) is 0. The summed E-state index contributed by atoms with van der Waals surface area (Å²) in [6.45, 7) is 2.46. The Morgan fingerprint density at radius 3 is 2.67 bits per heavy atom. The predicted molar refractivity (Wildman–Crippen MR) is 56.0 cm³/mol. The number of benzene rings is 1. The Kier molecular flexibility index (Phi) is 2.73. The van der Waals surface area contributed by atoms with Crippen molar-refractivity contribution in [1.82, 2.24) is 20.2 Å². The van der Waals surface area contributed by atoms with Crippen LogP contribution in [-0.2, 0) is 6.54 Å². The summed E-state index contributed by atoms with van der Waals surface area (Å²) in [7, 11) is 0. The van der Waals surface area contributed by atoms with Gasteiger partial charge >= 0.3 is 0 Å². The molecule has 0 saturated carbocycles. The normalized spacial score (nSPS) is 12.7. The number of tetrazole rings is 1. The summed E-state index contributed by atoms with van der Waals surface area (Å²) >= 11 is 0. The second-order valence-corrected chi connectivity index (χ2v) is 3.45. The lowest BCUT2D eigenvalue weighted by Crippen LogP contribution is -2.08.